The Hall–Kier alpha value is -3.36. The Labute approximate surface area is 225 Å². The number of hydrogen-bond donors (Lipinski definition) is 0. The number of thiocarbonyl (C=S) groups is 1. The topological polar surface area (TPSA) is 51.2 Å². The molecule has 0 saturated carbocycles. The average molecular weight is 568 g/mol. The Morgan fingerprint density at radius 3 is 2.36 bits per heavy atom. The summed E-state index contributed by atoms with van der Waals surface area (Å²) < 4.78 is 17.9. The molecule has 36 heavy (non-hydrogen) atoms. The lowest BCUT2D eigenvalue weighted by Crippen LogP contribution is -2.31. The smallest absolute Gasteiger partial charge is 0.281 e. The molecule has 0 bridgehead atoms. The number of carbonyl (C=O) groups excluding carboxylic acids is 1. The van der Waals surface area contributed by atoms with Gasteiger partial charge >= 0.3 is 0 Å². The predicted molar refractivity (Wildman–Crippen MR) is 150 cm³/mol. The van der Waals surface area contributed by atoms with E-state index >= 15 is 0 Å². The van der Waals surface area contributed by atoms with Crippen LogP contribution in [0, 0.1) is 6.92 Å². The fourth-order valence-electron chi connectivity index (χ4n) is 3.80. The van der Waals surface area contributed by atoms with E-state index in [0.29, 0.717) is 41.2 Å². The molecule has 4 rings (SSSR count). The van der Waals surface area contributed by atoms with Gasteiger partial charge in [0.25, 0.3) is 5.91 Å². The normalized spacial score (nSPS) is 14.5. The minimum Gasteiger partial charge on any atom is -0.494 e. The second-order valence-electron chi connectivity index (χ2n) is 8.25. The van der Waals surface area contributed by atoms with Gasteiger partial charge in [0.05, 0.1) is 23.9 Å². The fraction of sp³-hybridized carbons (Fsp3) is 0.214. The van der Waals surface area contributed by atoms with Gasteiger partial charge in [0.15, 0.2) is 16.6 Å². The van der Waals surface area contributed by atoms with E-state index in [-0.39, 0.29) is 5.91 Å². The van der Waals surface area contributed by atoms with Crippen molar-refractivity contribution in [1.82, 2.24) is 4.90 Å². The van der Waals surface area contributed by atoms with Crippen molar-refractivity contribution in [3.8, 4) is 17.2 Å². The maximum Gasteiger partial charge on any atom is 0.281 e. The highest BCUT2D eigenvalue weighted by molar-refractivity contribution is 9.10. The molecule has 0 unspecified atom stereocenters. The van der Waals surface area contributed by atoms with E-state index in [4.69, 9.17) is 26.4 Å². The Bertz CT molecular complexity index is 1310. The molecule has 1 aliphatic heterocycles. The number of benzene rings is 3. The maximum absolute atomic E-state index is 13.4. The van der Waals surface area contributed by atoms with Crippen molar-refractivity contribution >= 4 is 50.9 Å². The van der Waals surface area contributed by atoms with E-state index in [1.54, 1.807) is 25.1 Å². The number of likely N-dealkylation sites (N-methyl/N-ethyl adjacent to an activating group) is 1. The maximum atomic E-state index is 13.4. The van der Waals surface area contributed by atoms with Gasteiger partial charge in [0.2, 0.25) is 0 Å². The second kappa shape index (κ2) is 11.1. The minimum absolute atomic E-state index is 0.207. The summed E-state index contributed by atoms with van der Waals surface area (Å²) in [5.74, 6) is 1.69. The number of amides is 1. The molecule has 0 aliphatic carbocycles. The summed E-state index contributed by atoms with van der Waals surface area (Å²) in [4.78, 5) is 16.6. The van der Waals surface area contributed by atoms with Gasteiger partial charge in [-0.2, -0.15) is 0 Å². The number of carbonyl (C=O) groups is 1. The lowest BCUT2D eigenvalue weighted by Gasteiger charge is -2.16. The number of ether oxygens (including phenoxy) is 3. The number of aryl methyl sites for hydroxylation is 1. The quantitative estimate of drug-likeness (QED) is 0.234. The Morgan fingerprint density at radius 1 is 1.03 bits per heavy atom. The summed E-state index contributed by atoms with van der Waals surface area (Å²) in [6.45, 7) is 4.95. The van der Waals surface area contributed by atoms with Crippen LogP contribution >= 0.6 is 28.1 Å². The van der Waals surface area contributed by atoms with Gasteiger partial charge in [-0.15, -0.1) is 0 Å². The largest absolute Gasteiger partial charge is 0.494 e. The molecule has 3 aromatic carbocycles. The van der Waals surface area contributed by atoms with Crippen molar-refractivity contribution in [1.29, 1.82) is 0 Å². The SMILES string of the molecule is CCOc1ccc(N2C(=O)/C(=C/c3cc(Br)c(OCc4ccc(C)cc4)c(OC)c3)N(C)C2=S)cc1. The lowest BCUT2D eigenvalue weighted by atomic mass is 10.1. The molecular weight excluding hydrogens is 540 g/mol. The number of anilines is 1. The third-order valence-electron chi connectivity index (χ3n) is 5.73. The highest BCUT2D eigenvalue weighted by Gasteiger charge is 2.36. The summed E-state index contributed by atoms with van der Waals surface area (Å²) in [6, 6.07) is 19.2. The van der Waals surface area contributed by atoms with Crippen LogP contribution in [0.2, 0.25) is 0 Å². The molecule has 0 atom stereocenters. The molecule has 186 valence electrons. The molecule has 6 nitrogen and oxygen atoms in total. The third kappa shape index (κ3) is 5.39. The molecule has 1 amide bonds. The zero-order chi connectivity index (χ0) is 25.8. The molecule has 3 aromatic rings. The molecule has 0 radical (unpaired) electrons. The van der Waals surface area contributed by atoms with Crippen LogP contribution in [-0.4, -0.2) is 36.7 Å². The zero-order valence-electron chi connectivity index (χ0n) is 20.6. The van der Waals surface area contributed by atoms with E-state index in [9.17, 15) is 4.79 Å². The van der Waals surface area contributed by atoms with Crippen molar-refractivity contribution in [2.45, 2.75) is 20.5 Å². The molecule has 1 saturated heterocycles. The van der Waals surface area contributed by atoms with Crippen molar-refractivity contribution in [3.05, 3.63) is 87.5 Å². The summed E-state index contributed by atoms with van der Waals surface area (Å²) in [5.41, 5.74) is 4.16. The van der Waals surface area contributed by atoms with Gasteiger partial charge in [0, 0.05) is 7.05 Å². The van der Waals surface area contributed by atoms with Gasteiger partial charge in [-0.05, 0) is 95.6 Å². The van der Waals surface area contributed by atoms with Crippen LogP contribution in [0.5, 0.6) is 17.2 Å². The fourth-order valence-corrected chi connectivity index (χ4v) is 4.66. The Kier molecular flexibility index (Phi) is 7.96. The standard InChI is InChI=1S/C28H27BrN2O4S/c1-5-34-22-12-10-21(11-13-22)31-27(32)24(30(3)28(31)36)15-20-14-23(29)26(25(16-20)33-4)35-17-19-8-6-18(2)7-9-19/h6-16H,5,17H2,1-4H3/b24-15-. The van der Waals surface area contributed by atoms with E-state index in [1.807, 2.05) is 62.4 Å². The number of rotatable bonds is 8. The van der Waals surface area contributed by atoms with Gasteiger partial charge < -0.3 is 19.1 Å². The first-order valence-electron chi connectivity index (χ1n) is 11.4. The summed E-state index contributed by atoms with van der Waals surface area (Å²) in [5, 5.41) is 0.402. The zero-order valence-corrected chi connectivity index (χ0v) is 23.0. The third-order valence-corrected chi connectivity index (χ3v) is 6.77. The first kappa shape index (κ1) is 25.7. The second-order valence-corrected chi connectivity index (χ2v) is 9.47. The summed E-state index contributed by atoms with van der Waals surface area (Å²) in [6.07, 6.45) is 1.79. The van der Waals surface area contributed by atoms with Gasteiger partial charge in [0.1, 0.15) is 18.1 Å². The molecule has 0 spiro atoms. The van der Waals surface area contributed by atoms with Crippen LogP contribution in [0.3, 0.4) is 0 Å². The molecule has 1 fully saturated rings. The highest BCUT2D eigenvalue weighted by Crippen LogP contribution is 2.38. The van der Waals surface area contributed by atoms with Crippen LogP contribution in [0.15, 0.2) is 70.8 Å². The van der Waals surface area contributed by atoms with Crippen molar-refractivity contribution < 1.29 is 19.0 Å². The van der Waals surface area contributed by atoms with E-state index in [2.05, 4.69) is 28.1 Å². The van der Waals surface area contributed by atoms with Crippen molar-refractivity contribution in [3.63, 3.8) is 0 Å². The predicted octanol–water partition coefficient (Wildman–Crippen LogP) is 6.35. The lowest BCUT2D eigenvalue weighted by molar-refractivity contribution is -0.114. The van der Waals surface area contributed by atoms with Crippen LogP contribution in [-0.2, 0) is 11.4 Å². The molecule has 0 aromatic heterocycles. The molecule has 1 heterocycles. The molecule has 0 N–H and O–H groups in total. The Balaban J connectivity index is 1.58. The van der Waals surface area contributed by atoms with Crippen LogP contribution in [0.4, 0.5) is 5.69 Å². The van der Waals surface area contributed by atoms with Crippen LogP contribution < -0.4 is 19.1 Å². The monoisotopic (exact) mass is 566 g/mol. The van der Waals surface area contributed by atoms with Gasteiger partial charge in [-0.1, -0.05) is 29.8 Å². The number of methoxy groups -OCH3 is 1. The molecule has 1 aliphatic rings. The molecule has 8 heteroatoms. The summed E-state index contributed by atoms with van der Waals surface area (Å²) >= 11 is 9.19. The van der Waals surface area contributed by atoms with Gasteiger partial charge in [-0.25, -0.2) is 0 Å². The van der Waals surface area contributed by atoms with Crippen LogP contribution in [0.1, 0.15) is 23.6 Å². The number of nitrogens with zero attached hydrogens (tertiary/aromatic N) is 2. The van der Waals surface area contributed by atoms with E-state index < -0.39 is 0 Å². The first-order chi connectivity index (χ1) is 17.3. The van der Waals surface area contributed by atoms with Crippen LogP contribution in [0.25, 0.3) is 6.08 Å². The van der Waals surface area contributed by atoms with E-state index in [0.717, 1.165) is 21.3 Å². The van der Waals surface area contributed by atoms with E-state index in [1.165, 1.54) is 10.5 Å². The average Bonchev–Trinajstić information content (AvgIpc) is 3.08. The van der Waals surface area contributed by atoms with Crippen molar-refractivity contribution in [2.75, 3.05) is 25.7 Å². The summed E-state index contributed by atoms with van der Waals surface area (Å²) in [7, 11) is 3.37. The number of halogens is 1. The van der Waals surface area contributed by atoms with Crippen molar-refractivity contribution in [2.24, 2.45) is 0 Å². The first-order valence-corrected chi connectivity index (χ1v) is 12.6. The van der Waals surface area contributed by atoms with Gasteiger partial charge in [-0.3, -0.25) is 9.69 Å². The minimum atomic E-state index is -0.207. The highest BCUT2D eigenvalue weighted by atomic mass is 79.9. The Morgan fingerprint density at radius 2 is 1.72 bits per heavy atom. The molecular formula is C28H27BrN2O4S. The number of hydrogen-bond acceptors (Lipinski definition) is 5.